The maximum Gasteiger partial charge on any atom is 0.416 e. The Hall–Kier alpha value is -1.61. The highest BCUT2D eigenvalue weighted by atomic mass is 32.2. The number of nitrogens with one attached hydrogen (secondary N) is 1. The van der Waals surface area contributed by atoms with Gasteiger partial charge in [0.05, 0.1) is 17.1 Å². The van der Waals surface area contributed by atoms with Gasteiger partial charge in [-0.3, -0.25) is 4.79 Å². The normalized spacial score (nSPS) is 12.2. The Bertz CT molecular complexity index is 566. The largest absolute Gasteiger partial charge is 0.465 e. The molecule has 5 nitrogen and oxygen atoms in total. The number of hydrogen-bond acceptors (Lipinski definition) is 4. The molecule has 0 fully saturated rings. The summed E-state index contributed by atoms with van der Waals surface area (Å²) in [4.78, 5) is 10.6. The van der Waals surface area contributed by atoms with E-state index < -0.39 is 34.3 Å². The van der Waals surface area contributed by atoms with Gasteiger partial charge in [-0.05, 0) is 31.2 Å². The molecule has 0 spiro atoms. The lowest BCUT2D eigenvalue weighted by Gasteiger charge is -2.09. The maximum absolute atomic E-state index is 12.3. The van der Waals surface area contributed by atoms with Crippen molar-refractivity contribution in [2.75, 3.05) is 13.2 Å². The van der Waals surface area contributed by atoms with Crippen LogP contribution in [0.3, 0.4) is 0 Å². The first-order valence-corrected chi connectivity index (χ1v) is 6.97. The minimum atomic E-state index is -4.54. The summed E-state index contributed by atoms with van der Waals surface area (Å²) >= 11 is 0. The molecular weight excluding hydrogens is 299 g/mol. The number of esters is 1. The van der Waals surface area contributed by atoms with Crippen molar-refractivity contribution in [3.63, 3.8) is 0 Å². The summed E-state index contributed by atoms with van der Waals surface area (Å²) < 4.78 is 66.8. The number of hydrogen-bond donors (Lipinski definition) is 1. The highest BCUT2D eigenvalue weighted by molar-refractivity contribution is 7.89. The van der Waals surface area contributed by atoms with Gasteiger partial charge >= 0.3 is 12.1 Å². The predicted octanol–water partition coefficient (Wildman–Crippen LogP) is 1.55. The highest BCUT2D eigenvalue weighted by Crippen LogP contribution is 2.29. The van der Waals surface area contributed by atoms with Crippen molar-refractivity contribution in [2.24, 2.45) is 0 Å². The molecule has 0 unspecified atom stereocenters. The molecule has 0 bridgehead atoms. The first-order valence-electron chi connectivity index (χ1n) is 5.49. The fourth-order valence-corrected chi connectivity index (χ4v) is 2.24. The summed E-state index contributed by atoms with van der Waals surface area (Å²) in [6.45, 7) is 1.07. The van der Waals surface area contributed by atoms with Crippen LogP contribution < -0.4 is 4.72 Å². The van der Waals surface area contributed by atoms with Crippen molar-refractivity contribution in [2.45, 2.75) is 18.0 Å². The molecule has 0 atom stereocenters. The van der Waals surface area contributed by atoms with Gasteiger partial charge in [0, 0.05) is 0 Å². The molecule has 0 amide bonds. The van der Waals surface area contributed by atoms with Crippen LogP contribution in [0.2, 0.25) is 0 Å². The number of benzene rings is 1. The molecule has 0 saturated carbocycles. The van der Waals surface area contributed by atoms with E-state index in [2.05, 4.69) is 4.74 Å². The maximum atomic E-state index is 12.3. The summed E-state index contributed by atoms with van der Waals surface area (Å²) in [7, 11) is -4.05. The topological polar surface area (TPSA) is 72.5 Å². The van der Waals surface area contributed by atoms with Crippen LogP contribution in [0.25, 0.3) is 0 Å². The number of ether oxygens (including phenoxy) is 1. The number of sulfonamides is 1. The van der Waals surface area contributed by atoms with Gasteiger partial charge in [-0.1, -0.05) is 0 Å². The molecule has 0 aliphatic rings. The van der Waals surface area contributed by atoms with Crippen LogP contribution in [0.1, 0.15) is 12.5 Å². The Morgan fingerprint density at radius 3 is 2.25 bits per heavy atom. The summed E-state index contributed by atoms with van der Waals surface area (Å²) in [5, 5.41) is 0. The van der Waals surface area contributed by atoms with Gasteiger partial charge in [0.1, 0.15) is 6.54 Å². The molecule has 20 heavy (non-hydrogen) atoms. The Kier molecular flexibility index (Phi) is 5.12. The average molecular weight is 311 g/mol. The molecule has 1 rings (SSSR count). The first kappa shape index (κ1) is 16.4. The van der Waals surface area contributed by atoms with Crippen LogP contribution in [0.15, 0.2) is 29.2 Å². The third-order valence-corrected chi connectivity index (χ3v) is 3.62. The molecule has 0 heterocycles. The smallest absolute Gasteiger partial charge is 0.416 e. The van der Waals surface area contributed by atoms with E-state index in [0.29, 0.717) is 12.1 Å². The summed E-state index contributed by atoms with van der Waals surface area (Å²) in [6, 6.07) is 2.93. The van der Waals surface area contributed by atoms with Crippen LogP contribution >= 0.6 is 0 Å². The van der Waals surface area contributed by atoms with Crippen LogP contribution in [-0.2, 0) is 25.7 Å². The molecule has 1 N–H and O–H groups in total. The number of alkyl halides is 3. The van der Waals surface area contributed by atoms with Crippen LogP contribution in [0, 0.1) is 0 Å². The van der Waals surface area contributed by atoms with Gasteiger partial charge in [0.25, 0.3) is 0 Å². The molecule has 0 radical (unpaired) electrons. The van der Waals surface area contributed by atoms with Crippen molar-refractivity contribution in [3.05, 3.63) is 29.8 Å². The van der Waals surface area contributed by atoms with Crippen LogP contribution in [0.4, 0.5) is 13.2 Å². The number of halogens is 3. The third-order valence-electron chi connectivity index (χ3n) is 2.20. The van der Waals surface area contributed by atoms with E-state index in [1.165, 1.54) is 0 Å². The van der Waals surface area contributed by atoms with Crippen molar-refractivity contribution in [3.8, 4) is 0 Å². The number of carbonyl (C=O) groups excluding carboxylic acids is 1. The second kappa shape index (κ2) is 6.23. The lowest BCUT2D eigenvalue weighted by molar-refractivity contribution is -0.141. The van der Waals surface area contributed by atoms with E-state index in [1.54, 1.807) is 6.92 Å². The predicted molar refractivity (Wildman–Crippen MR) is 63.3 cm³/mol. The molecule has 1 aromatic rings. The van der Waals surface area contributed by atoms with Crippen molar-refractivity contribution in [1.29, 1.82) is 0 Å². The van der Waals surface area contributed by atoms with Gasteiger partial charge in [-0.2, -0.15) is 17.9 Å². The number of rotatable bonds is 5. The minimum Gasteiger partial charge on any atom is -0.465 e. The van der Waals surface area contributed by atoms with Gasteiger partial charge < -0.3 is 4.74 Å². The molecule has 0 aliphatic carbocycles. The van der Waals surface area contributed by atoms with Crippen molar-refractivity contribution < 1.29 is 31.1 Å². The zero-order chi connectivity index (χ0) is 15.4. The van der Waals surface area contributed by atoms with E-state index in [-0.39, 0.29) is 11.5 Å². The molecular formula is C11H12F3NO4S. The molecule has 112 valence electrons. The lowest BCUT2D eigenvalue weighted by Crippen LogP contribution is -2.30. The van der Waals surface area contributed by atoms with Crippen LogP contribution in [-0.4, -0.2) is 27.5 Å². The quantitative estimate of drug-likeness (QED) is 0.837. The average Bonchev–Trinajstić information content (AvgIpc) is 2.36. The van der Waals surface area contributed by atoms with Gasteiger partial charge in [0.15, 0.2) is 0 Å². The molecule has 0 aromatic heterocycles. The second-order valence-corrected chi connectivity index (χ2v) is 5.42. The first-order chi connectivity index (χ1) is 9.16. The van der Waals surface area contributed by atoms with E-state index in [1.807, 2.05) is 4.72 Å². The monoisotopic (exact) mass is 311 g/mol. The molecule has 0 aliphatic heterocycles. The zero-order valence-electron chi connectivity index (χ0n) is 10.4. The van der Waals surface area contributed by atoms with E-state index >= 15 is 0 Å². The standard InChI is InChI=1S/C11H12F3NO4S/c1-2-19-10(16)7-15-20(17,18)9-5-3-8(4-6-9)11(12,13)14/h3-6,15H,2,7H2,1H3. The van der Waals surface area contributed by atoms with Gasteiger partial charge in [-0.25, -0.2) is 8.42 Å². The number of carbonyl (C=O) groups is 1. The Labute approximate surface area is 113 Å². The Morgan fingerprint density at radius 2 is 1.80 bits per heavy atom. The van der Waals surface area contributed by atoms with E-state index in [9.17, 15) is 26.4 Å². The minimum absolute atomic E-state index is 0.0981. The van der Waals surface area contributed by atoms with E-state index in [0.717, 1.165) is 12.1 Å². The SMILES string of the molecule is CCOC(=O)CNS(=O)(=O)c1ccc(C(F)(F)F)cc1. The van der Waals surface area contributed by atoms with Gasteiger partial charge in [0.2, 0.25) is 10.0 Å². The van der Waals surface area contributed by atoms with Crippen molar-refractivity contribution >= 4 is 16.0 Å². The Balaban J connectivity index is 2.81. The van der Waals surface area contributed by atoms with Crippen LogP contribution in [0.5, 0.6) is 0 Å². The van der Waals surface area contributed by atoms with E-state index in [4.69, 9.17) is 0 Å². The highest BCUT2D eigenvalue weighted by Gasteiger charge is 2.30. The summed E-state index contributed by atoms with van der Waals surface area (Å²) in [6.07, 6.45) is -4.54. The molecule has 1 aromatic carbocycles. The van der Waals surface area contributed by atoms with Crippen molar-refractivity contribution in [1.82, 2.24) is 4.72 Å². The lowest BCUT2D eigenvalue weighted by atomic mass is 10.2. The zero-order valence-corrected chi connectivity index (χ0v) is 11.2. The second-order valence-electron chi connectivity index (χ2n) is 3.65. The summed E-state index contributed by atoms with van der Waals surface area (Å²) in [5.74, 6) is -0.775. The Morgan fingerprint density at radius 1 is 1.25 bits per heavy atom. The summed E-state index contributed by atoms with van der Waals surface area (Å²) in [5.41, 5.74) is -0.957. The fourth-order valence-electron chi connectivity index (χ4n) is 1.27. The third kappa shape index (κ3) is 4.49. The molecule has 9 heteroatoms. The molecule has 0 saturated heterocycles. The fraction of sp³-hybridized carbons (Fsp3) is 0.364. The van der Waals surface area contributed by atoms with Gasteiger partial charge in [-0.15, -0.1) is 0 Å².